The van der Waals surface area contributed by atoms with E-state index >= 15 is 0 Å². The molecule has 0 spiro atoms. The molecule has 0 bridgehead atoms. The fraction of sp³-hybridized carbons (Fsp3) is 0.529. The Hall–Kier alpha value is -2.08. The van der Waals surface area contributed by atoms with Crippen molar-refractivity contribution in [2.45, 2.75) is 26.9 Å². The standard InChI is InChI=1S/C17H24N4O2/c1-12-7-16(13(2)23-12)17(22)20-9-14(8-19(3)4)10-21-15(11-20)5-6-18-21/h5-7,14H,8-11H2,1-4H3. The van der Waals surface area contributed by atoms with Gasteiger partial charge in [-0.1, -0.05) is 0 Å². The second-order valence-corrected chi connectivity index (χ2v) is 6.65. The molecule has 0 saturated carbocycles. The van der Waals surface area contributed by atoms with Gasteiger partial charge in [0.2, 0.25) is 0 Å². The first kappa shape index (κ1) is 15.8. The van der Waals surface area contributed by atoms with Crippen molar-refractivity contribution in [2.75, 3.05) is 27.2 Å². The predicted molar refractivity (Wildman–Crippen MR) is 87.2 cm³/mol. The molecule has 124 valence electrons. The van der Waals surface area contributed by atoms with Crippen LogP contribution in [0.1, 0.15) is 27.6 Å². The number of aryl methyl sites for hydroxylation is 2. The van der Waals surface area contributed by atoms with Crippen LogP contribution in [0.15, 0.2) is 22.7 Å². The van der Waals surface area contributed by atoms with E-state index in [2.05, 4.69) is 24.1 Å². The number of carbonyl (C=O) groups is 1. The molecule has 0 fully saturated rings. The molecule has 3 heterocycles. The third kappa shape index (κ3) is 3.32. The molecule has 0 saturated heterocycles. The van der Waals surface area contributed by atoms with E-state index in [1.165, 1.54) is 0 Å². The van der Waals surface area contributed by atoms with Crippen LogP contribution >= 0.6 is 0 Å². The summed E-state index contributed by atoms with van der Waals surface area (Å²) in [5.74, 6) is 1.85. The van der Waals surface area contributed by atoms with Gasteiger partial charge in [0.1, 0.15) is 11.5 Å². The minimum Gasteiger partial charge on any atom is -0.466 e. The Bertz CT molecular complexity index is 701. The second-order valence-electron chi connectivity index (χ2n) is 6.65. The van der Waals surface area contributed by atoms with Crippen LogP contribution in [0.2, 0.25) is 0 Å². The number of fused-ring (bicyclic) bond motifs is 1. The Labute approximate surface area is 136 Å². The largest absolute Gasteiger partial charge is 0.466 e. The molecule has 6 nitrogen and oxygen atoms in total. The van der Waals surface area contributed by atoms with Crippen molar-refractivity contribution in [1.29, 1.82) is 0 Å². The number of furan rings is 1. The lowest BCUT2D eigenvalue weighted by Gasteiger charge is -2.25. The highest BCUT2D eigenvalue weighted by Crippen LogP contribution is 2.21. The lowest BCUT2D eigenvalue weighted by atomic mass is 10.1. The van der Waals surface area contributed by atoms with E-state index in [4.69, 9.17) is 4.42 Å². The quantitative estimate of drug-likeness (QED) is 0.868. The molecule has 1 aliphatic rings. The molecule has 6 heteroatoms. The van der Waals surface area contributed by atoms with Crippen LogP contribution in [0, 0.1) is 19.8 Å². The highest BCUT2D eigenvalue weighted by atomic mass is 16.3. The van der Waals surface area contributed by atoms with E-state index in [1.807, 2.05) is 41.8 Å². The number of aromatic nitrogens is 2. The molecule has 23 heavy (non-hydrogen) atoms. The van der Waals surface area contributed by atoms with Gasteiger partial charge in [0.15, 0.2) is 0 Å². The zero-order chi connectivity index (χ0) is 16.6. The van der Waals surface area contributed by atoms with Gasteiger partial charge < -0.3 is 14.2 Å². The summed E-state index contributed by atoms with van der Waals surface area (Å²) in [6.07, 6.45) is 1.81. The van der Waals surface area contributed by atoms with Gasteiger partial charge in [-0.25, -0.2) is 0 Å². The predicted octanol–water partition coefficient (Wildman–Crippen LogP) is 1.93. The average Bonchev–Trinajstić information content (AvgIpc) is 2.98. The Morgan fingerprint density at radius 1 is 1.39 bits per heavy atom. The van der Waals surface area contributed by atoms with Crippen LogP contribution in [0.5, 0.6) is 0 Å². The molecule has 0 aromatic carbocycles. The molecule has 0 aliphatic carbocycles. The van der Waals surface area contributed by atoms with Crippen LogP contribution in [0.4, 0.5) is 0 Å². The maximum Gasteiger partial charge on any atom is 0.257 e. The third-order valence-corrected chi connectivity index (χ3v) is 4.25. The fourth-order valence-corrected chi connectivity index (χ4v) is 3.33. The van der Waals surface area contributed by atoms with Gasteiger partial charge in [0, 0.05) is 31.7 Å². The van der Waals surface area contributed by atoms with Crippen LogP contribution < -0.4 is 0 Å². The summed E-state index contributed by atoms with van der Waals surface area (Å²) in [5, 5.41) is 4.40. The zero-order valence-electron chi connectivity index (χ0n) is 14.2. The number of hydrogen-bond donors (Lipinski definition) is 0. The van der Waals surface area contributed by atoms with Gasteiger partial charge in [-0.15, -0.1) is 0 Å². The van der Waals surface area contributed by atoms with Crippen molar-refractivity contribution in [3.8, 4) is 0 Å². The molecule has 2 aromatic rings. The van der Waals surface area contributed by atoms with E-state index in [1.54, 1.807) is 0 Å². The van der Waals surface area contributed by atoms with Crippen molar-refractivity contribution in [3.63, 3.8) is 0 Å². The van der Waals surface area contributed by atoms with Gasteiger partial charge in [-0.05, 0) is 40.1 Å². The second kappa shape index (κ2) is 6.20. The first-order valence-electron chi connectivity index (χ1n) is 7.95. The number of carbonyl (C=O) groups excluding carboxylic acids is 1. The third-order valence-electron chi connectivity index (χ3n) is 4.25. The van der Waals surface area contributed by atoms with E-state index in [-0.39, 0.29) is 5.91 Å². The monoisotopic (exact) mass is 316 g/mol. The summed E-state index contributed by atoms with van der Waals surface area (Å²) in [6.45, 7) is 6.80. The fourth-order valence-electron chi connectivity index (χ4n) is 3.33. The maximum absolute atomic E-state index is 13.0. The average molecular weight is 316 g/mol. The SMILES string of the molecule is Cc1cc(C(=O)N2Cc3ccnn3CC(CN(C)C)C2)c(C)o1. The maximum atomic E-state index is 13.0. The van der Waals surface area contributed by atoms with Crippen LogP contribution in [-0.2, 0) is 13.1 Å². The molecule has 1 atom stereocenters. The zero-order valence-corrected chi connectivity index (χ0v) is 14.2. The lowest BCUT2D eigenvalue weighted by Crippen LogP contribution is -2.37. The molecule has 1 unspecified atom stereocenters. The highest BCUT2D eigenvalue weighted by molar-refractivity contribution is 5.95. The molecule has 1 amide bonds. The lowest BCUT2D eigenvalue weighted by molar-refractivity contribution is 0.0710. The van der Waals surface area contributed by atoms with Gasteiger partial charge in [-0.3, -0.25) is 9.48 Å². The van der Waals surface area contributed by atoms with Gasteiger partial charge in [-0.2, -0.15) is 5.10 Å². The summed E-state index contributed by atoms with van der Waals surface area (Å²) in [4.78, 5) is 17.1. The van der Waals surface area contributed by atoms with Gasteiger partial charge in [0.05, 0.1) is 17.8 Å². The normalized spacial score (nSPS) is 18.1. The molecule has 3 rings (SSSR count). The minimum atomic E-state index is 0.0396. The Morgan fingerprint density at radius 3 is 2.83 bits per heavy atom. The Balaban J connectivity index is 1.88. The van der Waals surface area contributed by atoms with Crippen molar-refractivity contribution >= 4 is 5.91 Å². The molecule has 0 radical (unpaired) electrons. The summed E-state index contributed by atoms with van der Waals surface area (Å²) in [6, 6.07) is 3.83. The molecule has 1 aliphatic heterocycles. The summed E-state index contributed by atoms with van der Waals surface area (Å²) in [5.41, 5.74) is 1.75. The molecule has 0 N–H and O–H groups in total. The van der Waals surface area contributed by atoms with E-state index in [9.17, 15) is 4.79 Å². The smallest absolute Gasteiger partial charge is 0.257 e. The molecule has 2 aromatic heterocycles. The number of nitrogens with zero attached hydrogens (tertiary/aromatic N) is 4. The number of amides is 1. The van der Waals surface area contributed by atoms with E-state index < -0.39 is 0 Å². The highest BCUT2D eigenvalue weighted by Gasteiger charge is 2.28. The number of rotatable bonds is 3. The first-order chi connectivity index (χ1) is 10.9. The summed E-state index contributed by atoms with van der Waals surface area (Å²) < 4.78 is 7.55. The van der Waals surface area contributed by atoms with E-state index in [0.29, 0.717) is 23.8 Å². The topological polar surface area (TPSA) is 54.5 Å². The summed E-state index contributed by atoms with van der Waals surface area (Å²) in [7, 11) is 4.12. The molecular formula is C17H24N4O2. The van der Waals surface area contributed by atoms with Crippen LogP contribution in [0.3, 0.4) is 0 Å². The minimum absolute atomic E-state index is 0.0396. The van der Waals surface area contributed by atoms with Crippen molar-refractivity contribution < 1.29 is 9.21 Å². The van der Waals surface area contributed by atoms with Gasteiger partial charge in [0.25, 0.3) is 5.91 Å². The Kier molecular flexibility index (Phi) is 4.26. The number of hydrogen-bond acceptors (Lipinski definition) is 4. The van der Waals surface area contributed by atoms with Crippen LogP contribution in [0.25, 0.3) is 0 Å². The van der Waals surface area contributed by atoms with Crippen molar-refractivity contribution in [1.82, 2.24) is 19.6 Å². The van der Waals surface area contributed by atoms with Crippen molar-refractivity contribution in [3.05, 3.63) is 41.1 Å². The summed E-state index contributed by atoms with van der Waals surface area (Å²) >= 11 is 0. The van der Waals surface area contributed by atoms with Gasteiger partial charge >= 0.3 is 0 Å². The molecular weight excluding hydrogens is 292 g/mol. The Morgan fingerprint density at radius 2 is 2.17 bits per heavy atom. The van der Waals surface area contributed by atoms with Crippen molar-refractivity contribution in [2.24, 2.45) is 5.92 Å². The van der Waals surface area contributed by atoms with Crippen LogP contribution in [-0.4, -0.2) is 52.7 Å². The van der Waals surface area contributed by atoms with E-state index in [0.717, 1.165) is 31.1 Å². The first-order valence-corrected chi connectivity index (χ1v) is 7.95.